The molecule has 0 saturated heterocycles. The van der Waals surface area contributed by atoms with Crippen molar-refractivity contribution in [3.05, 3.63) is 23.4 Å². The van der Waals surface area contributed by atoms with Gasteiger partial charge in [-0.3, -0.25) is 0 Å². The lowest BCUT2D eigenvalue weighted by molar-refractivity contribution is 0.167. The van der Waals surface area contributed by atoms with Crippen LogP contribution in [0.3, 0.4) is 0 Å². The topological polar surface area (TPSA) is 38.5 Å². The zero-order valence-electron chi connectivity index (χ0n) is 8.72. The van der Waals surface area contributed by atoms with Crippen LogP contribution in [-0.2, 0) is 4.74 Å². The van der Waals surface area contributed by atoms with Crippen molar-refractivity contribution in [3.63, 3.8) is 0 Å². The predicted octanol–water partition coefficient (Wildman–Crippen LogP) is 1.38. The van der Waals surface area contributed by atoms with Crippen molar-refractivity contribution >= 4 is 0 Å². The molecule has 0 aromatic heterocycles. The fourth-order valence-corrected chi connectivity index (χ4v) is 1.19. The van der Waals surface area contributed by atoms with E-state index in [9.17, 15) is 4.39 Å². The average Bonchev–Trinajstić information content (AvgIpc) is 2.08. The van der Waals surface area contributed by atoms with Crippen LogP contribution in [0.2, 0.25) is 0 Å². The Labute approximate surface area is 84.0 Å². The molecular formula is C10H17FN2O. The summed E-state index contributed by atoms with van der Waals surface area (Å²) in [6.07, 6.45) is 2.60. The molecule has 1 aliphatic rings. The second-order valence-electron chi connectivity index (χ2n) is 3.64. The van der Waals surface area contributed by atoms with Crippen molar-refractivity contribution in [2.75, 3.05) is 27.2 Å². The van der Waals surface area contributed by atoms with Crippen LogP contribution in [0.15, 0.2) is 23.4 Å². The molecule has 3 nitrogen and oxygen atoms in total. The summed E-state index contributed by atoms with van der Waals surface area (Å²) in [5.74, 6) is 0.105. The first kappa shape index (κ1) is 11.0. The minimum absolute atomic E-state index is 0.326. The molecule has 0 aliphatic heterocycles. The molecule has 1 rings (SSSR count). The van der Waals surface area contributed by atoms with E-state index in [1.807, 2.05) is 19.0 Å². The summed E-state index contributed by atoms with van der Waals surface area (Å²) in [6, 6.07) is 0. The van der Waals surface area contributed by atoms with E-state index in [2.05, 4.69) is 0 Å². The molecule has 0 amide bonds. The molecule has 0 spiro atoms. The molecular weight excluding hydrogens is 183 g/mol. The number of likely N-dealkylation sites (N-methyl/N-ethyl adjacent to an activating group) is 1. The Balaban J connectivity index is 2.41. The highest BCUT2D eigenvalue weighted by Gasteiger charge is 2.12. The largest absolute Gasteiger partial charge is 0.494 e. The van der Waals surface area contributed by atoms with Gasteiger partial charge in [-0.15, -0.1) is 0 Å². The lowest BCUT2D eigenvalue weighted by Gasteiger charge is -2.16. The van der Waals surface area contributed by atoms with Crippen molar-refractivity contribution in [1.29, 1.82) is 0 Å². The Bertz CT molecular complexity index is 259. The van der Waals surface area contributed by atoms with Gasteiger partial charge in [0.15, 0.2) is 5.83 Å². The van der Waals surface area contributed by atoms with Crippen LogP contribution in [-0.4, -0.2) is 32.1 Å². The highest BCUT2D eigenvalue weighted by Crippen LogP contribution is 2.23. The molecule has 80 valence electrons. The summed E-state index contributed by atoms with van der Waals surface area (Å²) in [5, 5.41) is 0. The second-order valence-corrected chi connectivity index (χ2v) is 3.64. The Morgan fingerprint density at radius 2 is 2.21 bits per heavy atom. The van der Waals surface area contributed by atoms with Crippen molar-refractivity contribution in [2.24, 2.45) is 5.73 Å². The Kier molecular flexibility index (Phi) is 3.95. The zero-order chi connectivity index (χ0) is 10.6. The summed E-state index contributed by atoms with van der Waals surface area (Å²) in [6.45, 7) is 1.31. The molecule has 0 saturated carbocycles. The van der Waals surface area contributed by atoms with E-state index in [0.717, 1.165) is 6.54 Å². The maximum atomic E-state index is 13.2. The Hall–Kier alpha value is -1.03. The minimum Gasteiger partial charge on any atom is -0.494 e. The van der Waals surface area contributed by atoms with Gasteiger partial charge in [-0.25, -0.2) is 4.39 Å². The molecule has 0 aromatic rings. The summed E-state index contributed by atoms with van der Waals surface area (Å²) in [7, 11) is 3.90. The average molecular weight is 200 g/mol. The van der Waals surface area contributed by atoms with Gasteiger partial charge in [0.05, 0.1) is 0 Å². The van der Waals surface area contributed by atoms with Crippen LogP contribution in [0, 0.1) is 0 Å². The van der Waals surface area contributed by atoms with Gasteiger partial charge in [-0.2, -0.15) is 0 Å². The molecule has 14 heavy (non-hydrogen) atoms. The fourth-order valence-electron chi connectivity index (χ4n) is 1.19. The van der Waals surface area contributed by atoms with E-state index in [0.29, 0.717) is 30.9 Å². The van der Waals surface area contributed by atoms with Crippen molar-refractivity contribution in [3.8, 4) is 0 Å². The summed E-state index contributed by atoms with van der Waals surface area (Å²) in [4.78, 5) is 1.99. The summed E-state index contributed by atoms with van der Waals surface area (Å²) >= 11 is 0. The van der Waals surface area contributed by atoms with E-state index < -0.39 is 0 Å². The molecule has 0 bridgehead atoms. The normalized spacial score (nSPS) is 17.3. The molecule has 4 heteroatoms. The fraction of sp³-hybridized carbons (Fsp3) is 0.600. The maximum absolute atomic E-state index is 13.2. The quantitative estimate of drug-likeness (QED) is 0.745. The first-order valence-electron chi connectivity index (χ1n) is 4.72. The maximum Gasteiger partial charge on any atom is 0.162 e. The Morgan fingerprint density at radius 1 is 1.50 bits per heavy atom. The smallest absolute Gasteiger partial charge is 0.162 e. The number of nitrogens with two attached hydrogens (primary N) is 1. The molecule has 0 unspecified atom stereocenters. The number of halogens is 1. The van der Waals surface area contributed by atoms with Crippen molar-refractivity contribution < 1.29 is 9.13 Å². The third-order valence-corrected chi connectivity index (χ3v) is 2.03. The van der Waals surface area contributed by atoms with E-state index in [4.69, 9.17) is 10.5 Å². The van der Waals surface area contributed by atoms with Crippen LogP contribution >= 0.6 is 0 Å². The van der Waals surface area contributed by atoms with Gasteiger partial charge in [0, 0.05) is 18.7 Å². The number of rotatable bonds is 4. The van der Waals surface area contributed by atoms with Gasteiger partial charge in [-0.05, 0) is 26.6 Å². The number of nitrogens with zero attached hydrogens (tertiary/aromatic N) is 1. The van der Waals surface area contributed by atoms with E-state index in [1.54, 1.807) is 0 Å². The van der Waals surface area contributed by atoms with E-state index in [1.165, 1.54) is 6.08 Å². The molecule has 1 aliphatic carbocycles. The number of hydrogen-bond acceptors (Lipinski definition) is 3. The predicted molar refractivity (Wildman–Crippen MR) is 54.1 cm³/mol. The van der Waals surface area contributed by atoms with Crippen LogP contribution in [0.4, 0.5) is 4.39 Å². The highest BCUT2D eigenvalue weighted by molar-refractivity contribution is 5.24. The molecule has 0 atom stereocenters. The first-order valence-corrected chi connectivity index (χ1v) is 4.72. The van der Waals surface area contributed by atoms with Gasteiger partial charge in [-0.1, -0.05) is 0 Å². The van der Waals surface area contributed by atoms with Gasteiger partial charge >= 0.3 is 0 Å². The molecule has 0 heterocycles. The van der Waals surface area contributed by atoms with Gasteiger partial charge in [0.25, 0.3) is 0 Å². The SMILES string of the molecule is CN(C)CCOC1=C(F)C=C(N)CC1. The molecule has 2 N–H and O–H groups in total. The third kappa shape index (κ3) is 3.38. The first-order chi connectivity index (χ1) is 6.59. The van der Waals surface area contributed by atoms with E-state index >= 15 is 0 Å². The van der Waals surface area contributed by atoms with Crippen molar-refractivity contribution in [2.45, 2.75) is 12.8 Å². The van der Waals surface area contributed by atoms with E-state index in [-0.39, 0.29) is 5.83 Å². The van der Waals surface area contributed by atoms with Gasteiger partial charge in [0.2, 0.25) is 0 Å². The number of hydrogen-bond donors (Lipinski definition) is 1. The lowest BCUT2D eigenvalue weighted by Crippen LogP contribution is -2.18. The number of allylic oxidation sites excluding steroid dienone is 4. The minimum atomic E-state index is -0.326. The summed E-state index contributed by atoms with van der Waals surface area (Å²) in [5.41, 5.74) is 6.07. The molecule has 0 aromatic carbocycles. The third-order valence-electron chi connectivity index (χ3n) is 2.03. The van der Waals surface area contributed by atoms with Gasteiger partial charge in [0.1, 0.15) is 12.4 Å². The van der Waals surface area contributed by atoms with Crippen LogP contribution in [0.25, 0.3) is 0 Å². The van der Waals surface area contributed by atoms with Crippen LogP contribution in [0.1, 0.15) is 12.8 Å². The van der Waals surface area contributed by atoms with Crippen LogP contribution < -0.4 is 5.73 Å². The number of ether oxygens (including phenoxy) is 1. The monoisotopic (exact) mass is 200 g/mol. The van der Waals surface area contributed by atoms with Gasteiger partial charge < -0.3 is 15.4 Å². The van der Waals surface area contributed by atoms with Crippen molar-refractivity contribution in [1.82, 2.24) is 4.90 Å². The second kappa shape index (κ2) is 5.00. The highest BCUT2D eigenvalue weighted by atomic mass is 19.1. The molecule has 0 fully saturated rings. The Morgan fingerprint density at radius 3 is 2.79 bits per heavy atom. The lowest BCUT2D eigenvalue weighted by atomic mass is 10.1. The summed E-state index contributed by atoms with van der Waals surface area (Å²) < 4.78 is 18.5. The standard InChI is InChI=1S/C10H17FN2O/c1-13(2)5-6-14-10-4-3-8(12)7-9(10)11/h7H,3-6,12H2,1-2H3. The van der Waals surface area contributed by atoms with Crippen LogP contribution in [0.5, 0.6) is 0 Å². The molecule has 0 radical (unpaired) electrons. The zero-order valence-corrected chi connectivity index (χ0v) is 8.72.